The normalized spacial score (nSPS) is 10.5. The van der Waals surface area contributed by atoms with Crippen LogP contribution in [0.15, 0.2) is 91.3 Å². The van der Waals surface area contributed by atoms with Gasteiger partial charge in [-0.25, -0.2) is 14.4 Å². The van der Waals surface area contributed by atoms with Crippen LogP contribution in [0.1, 0.15) is 15.9 Å². The highest BCUT2D eigenvalue weighted by atomic mass is 19.1. The van der Waals surface area contributed by atoms with E-state index in [1.54, 1.807) is 48.8 Å². The van der Waals surface area contributed by atoms with Gasteiger partial charge in [-0.15, -0.1) is 0 Å². The van der Waals surface area contributed by atoms with Gasteiger partial charge >= 0.3 is 0 Å². The third-order valence-electron chi connectivity index (χ3n) is 4.76. The monoisotopic (exact) mass is 412 g/mol. The summed E-state index contributed by atoms with van der Waals surface area (Å²) in [6.07, 6.45) is 4.06. The summed E-state index contributed by atoms with van der Waals surface area (Å²) in [5.74, 6) is 0.00212. The van der Waals surface area contributed by atoms with Crippen LogP contribution < -0.4 is 10.6 Å². The Morgan fingerprint density at radius 3 is 2.29 bits per heavy atom. The van der Waals surface area contributed by atoms with Crippen molar-refractivity contribution in [3.05, 3.63) is 108 Å². The molecule has 1 amide bonds. The summed E-state index contributed by atoms with van der Waals surface area (Å²) in [5, 5.41) is 6.03. The largest absolute Gasteiger partial charge is 0.352 e. The molecular weight excluding hydrogens is 391 g/mol. The molecule has 4 rings (SSSR count). The second-order valence-electron chi connectivity index (χ2n) is 7.00. The molecule has 0 aliphatic rings. The lowest BCUT2D eigenvalue weighted by atomic mass is 10.1. The van der Waals surface area contributed by atoms with E-state index >= 15 is 0 Å². The number of nitrogens with zero attached hydrogens (tertiary/aromatic N) is 2. The van der Waals surface area contributed by atoms with Crippen LogP contribution in [0.4, 0.5) is 16.0 Å². The molecule has 0 fully saturated rings. The van der Waals surface area contributed by atoms with Crippen LogP contribution in [0.5, 0.6) is 0 Å². The van der Waals surface area contributed by atoms with E-state index in [9.17, 15) is 9.18 Å². The average molecular weight is 412 g/mol. The Bertz CT molecular complexity index is 1150. The molecular formula is C25H21FN4O. The lowest BCUT2D eigenvalue weighted by Gasteiger charge is -2.08. The van der Waals surface area contributed by atoms with Gasteiger partial charge in [0.2, 0.25) is 5.95 Å². The van der Waals surface area contributed by atoms with Gasteiger partial charge in [0.25, 0.3) is 5.91 Å². The quantitative estimate of drug-likeness (QED) is 0.448. The van der Waals surface area contributed by atoms with Crippen molar-refractivity contribution in [1.82, 2.24) is 15.3 Å². The van der Waals surface area contributed by atoms with E-state index in [-0.39, 0.29) is 11.7 Å². The highest BCUT2D eigenvalue weighted by Gasteiger charge is 2.06. The first kappa shape index (κ1) is 20.2. The van der Waals surface area contributed by atoms with Crippen molar-refractivity contribution in [2.45, 2.75) is 6.42 Å². The van der Waals surface area contributed by atoms with Crippen LogP contribution in [0, 0.1) is 5.82 Å². The third kappa shape index (κ3) is 5.51. The maximum atomic E-state index is 13.4. The maximum absolute atomic E-state index is 13.4. The first-order chi connectivity index (χ1) is 15.2. The summed E-state index contributed by atoms with van der Waals surface area (Å²) in [6.45, 7) is 0.578. The summed E-state index contributed by atoms with van der Waals surface area (Å²) < 4.78 is 13.4. The van der Waals surface area contributed by atoms with Crippen LogP contribution in [0.25, 0.3) is 11.1 Å². The third-order valence-corrected chi connectivity index (χ3v) is 4.76. The summed E-state index contributed by atoms with van der Waals surface area (Å²) in [6, 6.07) is 23.4. The summed E-state index contributed by atoms with van der Waals surface area (Å²) >= 11 is 0. The lowest BCUT2D eigenvalue weighted by molar-refractivity contribution is 0.0954. The molecule has 0 bridgehead atoms. The molecule has 0 unspecified atom stereocenters. The van der Waals surface area contributed by atoms with E-state index in [1.807, 2.05) is 30.3 Å². The molecule has 0 aliphatic heterocycles. The Morgan fingerprint density at radius 1 is 0.839 bits per heavy atom. The van der Waals surface area contributed by atoms with Crippen molar-refractivity contribution in [3.8, 4) is 11.1 Å². The highest BCUT2D eigenvalue weighted by molar-refractivity contribution is 5.94. The van der Waals surface area contributed by atoms with Gasteiger partial charge in [0, 0.05) is 35.8 Å². The van der Waals surface area contributed by atoms with Crippen molar-refractivity contribution in [1.29, 1.82) is 0 Å². The second-order valence-corrected chi connectivity index (χ2v) is 7.00. The molecule has 3 aromatic carbocycles. The minimum atomic E-state index is -0.302. The molecule has 1 heterocycles. The number of anilines is 2. The minimum absolute atomic E-state index is 0.113. The maximum Gasteiger partial charge on any atom is 0.251 e. The molecule has 0 radical (unpaired) electrons. The van der Waals surface area contributed by atoms with Gasteiger partial charge < -0.3 is 10.6 Å². The van der Waals surface area contributed by atoms with E-state index in [4.69, 9.17) is 0 Å². The predicted molar refractivity (Wildman–Crippen MR) is 120 cm³/mol. The van der Waals surface area contributed by atoms with Gasteiger partial charge in [0.15, 0.2) is 0 Å². The molecule has 1 aromatic heterocycles. The van der Waals surface area contributed by atoms with Crippen LogP contribution in [0.2, 0.25) is 0 Å². The number of nitrogens with one attached hydrogen (secondary N) is 2. The minimum Gasteiger partial charge on any atom is -0.352 e. The fourth-order valence-corrected chi connectivity index (χ4v) is 3.11. The Morgan fingerprint density at radius 2 is 1.58 bits per heavy atom. The molecule has 4 aromatic rings. The smallest absolute Gasteiger partial charge is 0.251 e. The van der Waals surface area contributed by atoms with Gasteiger partial charge in [-0.1, -0.05) is 42.5 Å². The van der Waals surface area contributed by atoms with E-state index in [0.717, 1.165) is 17.7 Å². The average Bonchev–Trinajstić information content (AvgIpc) is 2.81. The van der Waals surface area contributed by atoms with Crippen molar-refractivity contribution >= 4 is 17.5 Å². The Balaban J connectivity index is 1.32. The first-order valence-corrected chi connectivity index (χ1v) is 9.94. The summed E-state index contributed by atoms with van der Waals surface area (Å²) in [5.41, 5.74) is 3.98. The fraction of sp³-hybridized carbons (Fsp3) is 0.0800. The molecule has 2 N–H and O–H groups in total. The van der Waals surface area contributed by atoms with E-state index in [0.29, 0.717) is 23.6 Å². The predicted octanol–water partition coefficient (Wildman–Crippen LogP) is 5.00. The zero-order valence-corrected chi connectivity index (χ0v) is 16.8. The van der Waals surface area contributed by atoms with Crippen molar-refractivity contribution < 1.29 is 9.18 Å². The van der Waals surface area contributed by atoms with Gasteiger partial charge in [0.1, 0.15) is 5.82 Å². The fourth-order valence-electron chi connectivity index (χ4n) is 3.11. The molecule has 6 heteroatoms. The number of halogens is 1. The van der Waals surface area contributed by atoms with Crippen molar-refractivity contribution in [2.75, 3.05) is 11.9 Å². The molecule has 0 spiro atoms. The van der Waals surface area contributed by atoms with Crippen LogP contribution in [-0.4, -0.2) is 22.4 Å². The van der Waals surface area contributed by atoms with Crippen LogP contribution in [0.3, 0.4) is 0 Å². The van der Waals surface area contributed by atoms with E-state index < -0.39 is 0 Å². The summed E-state index contributed by atoms with van der Waals surface area (Å²) in [7, 11) is 0. The number of amides is 1. The molecule has 154 valence electrons. The van der Waals surface area contributed by atoms with Gasteiger partial charge in [-0.2, -0.15) is 0 Å². The zero-order valence-electron chi connectivity index (χ0n) is 16.8. The molecule has 0 aliphatic carbocycles. The van der Waals surface area contributed by atoms with Crippen LogP contribution >= 0.6 is 0 Å². The van der Waals surface area contributed by atoms with Crippen LogP contribution in [-0.2, 0) is 6.42 Å². The number of aromatic nitrogens is 2. The topological polar surface area (TPSA) is 66.9 Å². The summed E-state index contributed by atoms with van der Waals surface area (Å²) in [4.78, 5) is 20.9. The first-order valence-electron chi connectivity index (χ1n) is 9.94. The van der Waals surface area contributed by atoms with Gasteiger partial charge in [-0.3, -0.25) is 4.79 Å². The number of rotatable bonds is 7. The number of carbonyl (C=O) groups is 1. The lowest BCUT2D eigenvalue weighted by Crippen LogP contribution is -2.25. The zero-order chi connectivity index (χ0) is 21.5. The van der Waals surface area contributed by atoms with Crippen molar-refractivity contribution in [2.24, 2.45) is 0 Å². The molecule has 31 heavy (non-hydrogen) atoms. The van der Waals surface area contributed by atoms with Gasteiger partial charge in [-0.05, 0) is 53.9 Å². The molecule has 5 nitrogen and oxygen atoms in total. The number of hydrogen-bond acceptors (Lipinski definition) is 4. The van der Waals surface area contributed by atoms with E-state index in [1.165, 1.54) is 17.7 Å². The SMILES string of the molecule is O=C(NCCc1ccccc1)c1ccc(Nc2ncc(-c3cccc(F)c3)cn2)cc1. The molecule has 0 saturated heterocycles. The highest BCUT2D eigenvalue weighted by Crippen LogP contribution is 2.20. The van der Waals surface area contributed by atoms with Crippen molar-refractivity contribution in [3.63, 3.8) is 0 Å². The Kier molecular flexibility index (Phi) is 6.28. The van der Waals surface area contributed by atoms with E-state index in [2.05, 4.69) is 20.6 Å². The van der Waals surface area contributed by atoms with Gasteiger partial charge in [0.05, 0.1) is 0 Å². The Hall–Kier alpha value is -4.06. The number of hydrogen-bond donors (Lipinski definition) is 2. The number of carbonyl (C=O) groups excluding carboxylic acids is 1. The standard InChI is InChI=1S/C25H21FN4O/c26-22-8-4-7-20(15-22)21-16-28-25(29-17-21)30-23-11-9-19(10-12-23)24(31)27-14-13-18-5-2-1-3-6-18/h1-12,15-17H,13-14H2,(H,27,31)(H,28,29,30). The second kappa shape index (κ2) is 9.63. The number of benzene rings is 3. The molecule has 0 atom stereocenters. The molecule has 0 saturated carbocycles. The Labute approximate surface area is 180 Å².